The molecule has 0 aliphatic carbocycles. The number of methoxy groups -OCH3 is 1. The van der Waals surface area contributed by atoms with Gasteiger partial charge in [0, 0.05) is 24.2 Å². The van der Waals surface area contributed by atoms with Gasteiger partial charge in [0.1, 0.15) is 17.9 Å². The van der Waals surface area contributed by atoms with E-state index < -0.39 is 0 Å². The molecule has 0 spiro atoms. The van der Waals surface area contributed by atoms with E-state index in [1.54, 1.807) is 7.11 Å². The number of amides is 2. The van der Waals surface area contributed by atoms with Gasteiger partial charge >= 0.3 is 6.03 Å². The summed E-state index contributed by atoms with van der Waals surface area (Å²) >= 11 is 0. The predicted octanol–water partition coefficient (Wildman–Crippen LogP) is 3.80. The first-order chi connectivity index (χ1) is 13.5. The number of fused-ring (bicyclic) bond motifs is 1. The molecule has 28 heavy (non-hydrogen) atoms. The summed E-state index contributed by atoms with van der Waals surface area (Å²) in [5.74, 6) is 1.58. The molecule has 3 rings (SSSR count). The second kappa shape index (κ2) is 8.56. The van der Waals surface area contributed by atoms with Crippen molar-refractivity contribution in [2.45, 2.75) is 20.8 Å². The van der Waals surface area contributed by atoms with Gasteiger partial charge in [-0.1, -0.05) is 12.1 Å². The Bertz CT molecular complexity index is 998. The molecular weight excluding hydrogens is 354 g/mol. The van der Waals surface area contributed by atoms with Crippen molar-refractivity contribution in [1.82, 2.24) is 15.3 Å². The molecule has 7 heteroatoms. The summed E-state index contributed by atoms with van der Waals surface area (Å²) in [4.78, 5) is 20.8. The van der Waals surface area contributed by atoms with E-state index in [-0.39, 0.29) is 6.03 Å². The third-order valence-corrected chi connectivity index (χ3v) is 4.75. The molecular formula is C21H25N5O2. The number of hydrogen-bond donors (Lipinski definition) is 3. The molecule has 2 aromatic carbocycles. The molecule has 0 saturated carbocycles. The summed E-state index contributed by atoms with van der Waals surface area (Å²) < 4.78 is 5.37. The second-order valence-corrected chi connectivity index (χ2v) is 6.57. The summed E-state index contributed by atoms with van der Waals surface area (Å²) in [6.07, 6.45) is 1.53. The topological polar surface area (TPSA) is 88.2 Å². The standard InChI is InChI=1S/C21H25N5O2/c1-13-11-18(28-4)14(2)15(3)19(13)26-21(27)23-10-9-22-20-16-7-5-6-8-17(16)24-12-25-20/h5-8,11-12H,9-10H2,1-4H3,(H,22,24,25)(H2,23,26,27). The average molecular weight is 379 g/mol. The zero-order valence-corrected chi connectivity index (χ0v) is 16.6. The third-order valence-electron chi connectivity index (χ3n) is 4.75. The number of carbonyl (C=O) groups excluding carboxylic acids is 1. The lowest BCUT2D eigenvalue weighted by Crippen LogP contribution is -2.33. The summed E-state index contributed by atoms with van der Waals surface area (Å²) in [6, 6.07) is 9.48. The van der Waals surface area contributed by atoms with Crippen LogP contribution in [0.5, 0.6) is 5.75 Å². The zero-order chi connectivity index (χ0) is 20.1. The second-order valence-electron chi connectivity index (χ2n) is 6.57. The Morgan fingerprint density at radius 3 is 2.64 bits per heavy atom. The monoisotopic (exact) mass is 379 g/mol. The minimum atomic E-state index is -0.245. The van der Waals surface area contributed by atoms with E-state index in [2.05, 4.69) is 25.9 Å². The summed E-state index contributed by atoms with van der Waals surface area (Å²) in [6.45, 7) is 6.91. The molecule has 0 unspecified atom stereocenters. The molecule has 0 bridgehead atoms. The molecule has 0 aliphatic heterocycles. The van der Waals surface area contributed by atoms with Gasteiger partial charge in [-0.25, -0.2) is 14.8 Å². The summed E-state index contributed by atoms with van der Waals surface area (Å²) in [7, 11) is 1.65. The minimum Gasteiger partial charge on any atom is -0.496 e. The van der Waals surface area contributed by atoms with Crippen LogP contribution < -0.4 is 20.7 Å². The Balaban J connectivity index is 1.56. The number of nitrogens with zero attached hydrogens (tertiary/aromatic N) is 2. The maximum absolute atomic E-state index is 12.3. The smallest absolute Gasteiger partial charge is 0.319 e. The number of rotatable bonds is 6. The molecule has 0 radical (unpaired) electrons. The van der Waals surface area contributed by atoms with Gasteiger partial charge in [-0.3, -0.25) is 0 Å². The van der Waals surface area contributed by atoms with Crippen LogP contribution in [-0.4, -0.2) is 36.2 Å². The van der Waals surface area contributed by atoms with Gasteiger partial charge in [0.05, 0.1) is 12.6 Å². The molecule has 3 N–H and O–H groups in total. The van der Waals surface area contributed by atoms with Gasteiger partial charge in [0.25, 0.3) is 0 Å². The maximum atomic E-state index is 12.3. The highest BCUT2D eigenvalue weighted by Gasteiger charge is 2.13. The van der Waals surface area contributed by atoms with Gasteiger partial charge in [-0.2, -0.15) is 0 Å². The highest BCUT2D eigenvalue weighted by molar-refractivity contribution is 5.91. The van der Waals surface area contributed by atoms with Gasteiger partial charge in [-0.05, 0) is 55.7 Å². The Morgan fingerprint density at radius 2 is 1.86 bits per heavy atom. The Kier molecular flexibility index (Phi) is 5.93. The van der Waals surface area contributed by atoms with E-state index in [0.717, 1.165) is 44.8 Å². The number of para-hydroxylation sites is 1. The van der Waals surface area contributed by atoms with Crippen molar-refractivity contribution in [3.63, 3.8) is 0 Å². The van der Waals surface area contributed by atoms with Gasteiger partial charge < -0.3 is 20.7 Å². The average Bonchev–Trinajstić information content (AvgIpc) is 2.71. The van der Waals surface area contributed by atoms with Crippen LogP contribution in [-0.2, 0) is 0 Å². The number of carbonyl (C=O) groups is 1. The van der Waals surface area contributed by atoms with Crippen LogP contribution in [0, 0.1) is 20.8 Å². The molecule has 146 valence electrons. The minimum absolute atomic E-state index is 0.245. The van der Waals surface area contributed by atoms with Crippen LogP contribution in [0.25, 0.3) is 10.9 Å². The number of aryl methyl sites for hydroxylation is 1. The fourth-order valence-corrected chi connectivity index (χ4v) is 3.11. The van der Waals surface area contributed by atoms with E-state index >= 15 is 0 Å². The highest BCUT2D eigenvalue weighted by atomic mass is 16.5. The number of benzene rings is 2. The van der Waals surface area contributed by atoms with Crippen LogP contribution >= 0.6 is 0 Å². The molecule has 0 fully saturated rings. The fraction of sp³-hybridized carbons (Fsp3) is 0.286. The van der Waals surface area contributed by atoms with Crippen molar-refractivity contribution in [3.05, 3.63) is 53.3 Å². The molecule has 0 aliphatic rings. The van der Waals surface area contributed by atoms with Gasteiger partial charge in [0.2, 0.25) is 0 Å². The molecule has 7 nitrogen and oxygen atoms in total. The quantitative estimate of drug-likeness (QED) is 0.567. The SMILES string of the molecule is COc1cc(C)c(NC(=O)NCCNc2ncnc3ccccc23)c(C)c1C. The Morgan fingerprint density at radius 1 is 1.07 bits per heavy atom. The molecule has 0 atom stereocenters. The van der Waals surface area contributed by atoms with Crippen molar-refractivity contribution < 1.29 is 9.53 Å². The lowest BCUT2D eigenvalue weighted by atomic mass is 10.0. The Labute approximate surface area is 164 Å². The van der Waals surface area contributed by atoms with E-state index in [4.69, 9.17) is 4.74 Å². The van der Waals surface area contributed by atoms with E-state index in [1.807, 2.05) is 51.1 Å². The van der Waals surface area contributed by atoms with Crippen LogP contribution in [0.3, 0.4) is 0 Å². The van der Waals surface area contributed by atoms with Crippen LogP contribution in [0.1, 0.15) is 16.7 Å². The van der Waals surface area contributed by atoms with Crippen LogP contribution in [0.2, 0.25) is 0 Å². The van der Waals surface area contributed by atoms with E-state index in [0.29, 0.717) is 13.1 Å². The number of anilines is 2. The largest absolute Gasteiger partial charge is 0.496 e. The maximum Gasteiger partial charge on any atom is 0.319 e. The number of hydrogen-bond acceptors (Lipinski definition) is 5. The number of aromatic nitrogens is 2. The van der Waals surface area contributed by atoms with Crippen molar-refractivity contribution in [3.8, 4) is 5.75 Å². The van der Waals surface area contributed by atoms with Crippen LogP contribution in [0.4, 0.5) is 16.3 Å². The fourth-order valence-electron chi connectivity index (χ4n) is 3.11. The number of urea groups is 1. The van der Waals surface area contributed by atoms with Crippen LogP contribution in [0.15, 0.2) is 36.7 Å². The summed E-state index contributed by atoms with van der Waals surface area (Å²) in [5.41, 5.74) is 4.66. The van der Waals surface area contributed by atoms with Crippen molar-refractivity contribution in [1.29, 1.82) is 0 Å². The zero-order valence-electron chi connectivity index (χ0n) is 16.6. The molecule has 3 aromatic rings. The lowest BCUT2D eigenvalue weighted by molar-refractivity contribution is 0.252. The predicted molar refractivity (Wildman–Crippen MR) is 112 cm³/mol. The van der Waals surface area contributed by atoms with Crippen molar-refractivity contribution in [2.75, 3.05) is 30.8 Å². The van der Waals surface area contributed by atoms with E-state index in [1.165, 1.54) is 6.33 Å². The Hall–Kier alpha value is -3.35. The first-order valence-electron chi connectivity index (χ1n) is 9.14. The van der Waals surface area contributed by atoms with Crippen molar-refractivity contribution in [2.24, 2.45) is 0 Å². The normalized spacial score (nSPS) is 10.6. The van der Waals surface area contributed by atoms with Gasteiger partial charge in [-0.15, -0.1) is 0 Å². The number of ether oxygens (including phenoxy) is 1. The highest BCUT2D eigenvalue weighted by Crippen LogP contribution is 2.31. The van der Waals surface area contributed by atoms with Crippen molar-refractivity contribution >= 4 is 28.4 Å². The summed E-state index contributed by atoms with van der Waals surface area (Å²) in [5, 5.41) is 10.0. The third kappa shape index (κ3) is 4.14. The molecule has 0 saturated heterocycles. The van der Waals surface area contributed by atoms with Gasteiger partial charge in [0.15, 0.2) is 0 Å². The van der Waals surface area contributed by atoms with E-state index in [9.17, 15) is 4.79 Å². The molecule has 1 aromatic heterocycles. The number of nitrogens with one attached hydrogen (secondary N) is 3. The molecule has 2 amide bonds. The lowest BCUT2D eigenvalue weighted by Gasteiger charge is -2.17. The molecule has 1 heterocycles. The first kappa shape index (κ1) is 19.4. The first-order valence-corrected chi connectivity index (χ1v) is 9.14.